The van der Waals surface area contributed by atoms with Crippen molar-refractivity contribution in [3.8, 4) is 11.5 Å². The fourth-order valence-electron chi connectivity index (χ4n) is 1.71. The highest BCUT2D eigenvalue weighted by molar-refractivity contribution is 5.78. The van der Waals surface area contributed by atoms with Gasteiger partial charge >= 0.3 is 0 Å². The first kappa shape index (κ1) is 14.9. The minimum Gasteiger partial charge on any atom is -0.330 e. The van der Waals surface area contributed by atoms with Gasteiger partial charge in [0.15, 0.2) is 5.82 Å². The molecule has 0 unspecified atom stereocenters. The molecule has 0 fully saturated rings. The van der Waals surface area contributed by atoms with Gasteiger partial charge in [0.1, 0.15) is 5.69 Å². The zero-order chi connectivity index (χ0) is 15.1. The maximum absolute atomic E-state index is 11.8. The molecule has 0 saturated carbocycles. The molecule has 3 aromatic rings. The predicted octanol–water partition coefficient (Wildman–Crippen LogP) is 2.59. The lowest BCUT2D eigenvalue weighted by molar-refractivity contribution is 0.932. The zero-order valence-electron chi connectivity index (χ0n) is 11.9. The van der Waals surface area contributed by atoms with Crippen LogP contribution < -0.4 is 11.3 Å². The van der Waals surface area contributed by atoms with Crippen LogP contribution in [0.15, 0.2) is 53.5 Å². The maximum atomic E-state index is 11.8. The molecule has 0 atom stereocenters. The quantitative estimate of drug-likeness (QED) is 0.757. The number of nitrogens with zero attached hydrogens (tertiary/aromatic N) is 2. The Hall–Kier alpha value is -2.53. The number of pyridine rings is 1. The van der Waals surface area contributed by atoms with Gasteiger partial charge in [-0.3, -0.25) is 9.78 Å². The summed E-state index contributed by atoms with van der Waals surface area (Å²) >= 11 is 0. The molecular formula is C16H20N4O. The Morgan fingerprint density at radius 3 is 2.57 bits per heavy atom. The molecule has 2 aromatic heterocycles. The van der Waals surface area contributed by atoms with Gasteiger partial charge in [-0.25, -0.2) is 4.98 Å². The number of nitrogens with two attached hydrogens (primary N) is 1. The van der Waals surface area contributed by atoms with Gasteiger partial charge in [0.05, 0.1) is 10.9 Å². The van der Waals surface area contributed by atoms with E-state index < -0.39 is 0 Å². The van der Waals surface area contributed by atoms with Gasteiger partial charge in [-0.15, -0.1) is 0 Å². The summed E-state index contributed by atoms with van der Waals surface area (Å²) in [5.41, 5.74) is 6.23. The van der Waals surface area contributed by atoms with Crippen LogP contribution in [0.3, 0.4) is 0 Å². The van der Waals surface area contributed by atoms with Crippen LogP contribution in [0, 0.1) is 0 Å². The van der Waals surface area contributed by atoms with Crippen molar-refractivity contribution in [3.63, 3.8) is 0 Å². The van der Waals surface area contributed by atoms with Crippen LogP contribution in [0.5, 0.6) is 0 Å². The van der Waals surface area contributed by atoms with Gasteiger partial charge in [-0.05, 0) is 37.2 Å². The number of aromatic nitrogens is 3. The Bertz CT molecular complexity index is 757. The highest BCUT2D eigenvalue weighted by atomic mass is 16.1. The number of nitrogens with one attached hydrogen (secondary N) is 1. The van der Waals surface area contributed by atoms with Gasteiger partial charge in [0.25, 0.3) is 5.56 Å². The molecular weight excluding hydrogens is 264 g/mol. The second-order valence-corrected chi connectivity index (χ2v) is 4.44. The molecule has 21 heavy (non-hydrogen) atoms. The van der Waals surface area contributed by atoms with Crippen LogP contribution in [0.25, 0.3) is 22.4 Å². The molecule has 0 spiro atoms. The lowest BCUT2D eigenvalue weighted by Gasteiger charge is -2.01. The van der Waals surface area contributed by atoms with Gasteiger partial charge in [0, 0.05) is 7.62 Å². The summed E-state index contributed by atoms with van der Waals surface area (Å²) in [6.07, 6.45) is 2.77. The van der Waals surface area contributed by atoms with E-state index in [1.807, 2.05) is 36.4 Å². The first-order valence-corrected chi connectivity index (χ1v) is 6.86. The third kappa shape index (κ3) is 3.73. The molecule has 110 valence electrons. The molecule has 0 aliphatic rings. The third-order valence-electron chi connectivity index (χ3n) is 2.81. The van der Waals surface area contributed by atoms with Crippen LogP contribution in [0.2, 0.25) is 0 Å². The average molecular weight is 284 g/mol. The number of aromatic amines is 1. The van der Waals surface area contributed by atoms with E-state index in [9.17, 15) is 4.79 Å². The lowest BCUT2D eigenvalue weighted by atomic mass is 10.2. The monoisotopic (exact) mass is 284 g/mol. The van der Waals surface area contributed by atoms with E-state index in [2.05, 4.69) is 21.9 Å². The van der Waals surface area contributed by atoms with Crippen LogP contribution in [0.1, 0.15) is 14.8 Å². The predicted molar refractivity (Wildman–Crippen MR) is 87.1 cm³/mol. The minimum absolute atomic E-state index is 0. The summed E-state index contributed by atoms with van der Waals surface area (Å²) in [5.74, 6) is 0.495. The van der Waals surface area contributed by atoms with Crippen molar-refractivity contribution in [2.75, 3.05) is 6.54 Å². The maximum Gasteiger partial charge on any atom is 0.259 e. The summed E-state index contributed by atoms with van der Waals surface area (Å²) in [6.45, 7) is 2.88. The minimum atomic E-state index is -0.142. The van der Waals surface area contributed by atoms with Crippen LogP contribution in [-0.4, -0.2) is 21.5 Å². The van der Waals surface area contributed by atoms with E-state index in [0.717, 1.165) is 13.0 Å². The standard InChI is InChI=1S/C13H9N3O.C3H9N.H2/c17-13-9-5-1-2-6-10(9)15-12(16-13)11-7-3-4-8-14-11;1-2-3-4;/h1-8H,(H,15,16,17);2-4H2,1H3;1H. The van der Waals surface area contributed by atoms with Crippen molar-refractivity contribution >= 4 is 10.9 Å². The summed E-state index contributed by atoms with van der Waals surface area (Å²) < 4.78 is 0. The molecule has 1 aromatic carbocycles. The van der Waals surface area contributed by atoms with Crippen LogP contribution >= 0.6 is 0 Å². The number of fused-ring (bicyclic) bond motifs is 1. The molecule has 0 bridgehead atoms. The van der Waals surface area contributed by atoms with E-state index in [4.69, 9.17) is 5.73 Å². The largest absolute Gasteiger partial charge is 0.330 e. The molecule has 0 radical (unpaired) electrons. The average Bonchev–Trinajstić information content (AvgIpc) is 2.56. The van der Waals surface area contributed by atoms with Gasteiger partial charge < -0.3 is 10.7 Å². The number of para-hydroxylation sites is 1. The lowest BCUT2D eigenvalue weighted by Crippen LogP contribution is -2.09. The SMILES string of the molecule is CCCN.O=c1[nH]c(-c2ccccn2)nc2ccccc12.[HH]. The van der Waals surface area contributed by atoms with Crippen LogP contribution in [0.4, 0.5) is 0 Å². The number of rotatable bonds is 2. The molecule has 5 nitrogen and oxygen atoms in total. The zero-order valence-corrected chi connectivity index (χ0v) is 11.9. The summed E-state index contributed by atoms with van der Waals surface area (Å²) in [7, 11) is 0. The summed E-state index contributed by atoms with van der Waals surface area (Å²) in [4.78, 5) is 23.1. The van der Waals surface area contributed by atoms with E-state index in [1.165, 1.54) is 0 Å². The van der Waals surface area contributed by atoms with Crippen molar-refractivity contribution < 1.29 is 1.43 Å². The van der Waals surface area contributed by atoms with E-state index in [-0.39, 0.29) is 6.99 Å². The van der Waals surface area contributed by atoms with Crippen molar-refractivity contribution in [3.05, 3.63) is 59.0 Å². The topological polar surface area (TPSA) is 84.7 Å². The summed E-state index contributed by atoms with van der Waals surface area (Å²) in [5, 5.41) is 0.590. The van der Waals surface area contributed by atoms with Crippen molar-refractivity contribution in [2.24, 2.45) is 5.73 Å². The number of hydrogen-bond acceptors (Lipinski definition) is 4. The summed E-state index contributed by atoms with van der Waals surface area (Å²) in [6, 6.07) is 12.7. The number of H-pyrrole nitrogens is 1. The smallest absolute Gasteiger partial charge is 0.259 e. The Labute approximate surface area is 124 Å². The van der Waals surface area contributed by atoms with Crippen molar-refractivity contribution in [1.29, 1.82) is 0 Å². The second-order valence-electron chi connectivity index (χ2n) is 4.44. The molecule has 5 heteroatoms. The molecule has 0 saturated heterocycles. The molecule has 3 rings (SSSR count). The van der Waals surface area contributed by atoms with Crippen LogP contribution in [-0.2, 0) is 0 Å². The Morgan fingerprint density at radius 2 is 1.90 bits per heavy atom. The van der Waals surface area contributed by atoms with Crippen molar-refractivity contribution in [1.82, 2.24) is 15.0 Å². The van der Waals surface area contributed by atoms with Crippen molar-refractivity contribution in [2.45, 2.75) is 13.3 Å². The molecule has 2 heterocycles. The molecule has 3 N–H and O–H groups in total. The first-order chi connectivity index (χ1) is 10.3. The fraction of sp³-hybridized carbons (Fsp3) is 0.188. The van der Waals surface area contributed by atoms with E-state index in [0.29, 0.717) is 22.4 Å². The Balaban J connectivity index is 0.000000436. The highest BCUT2D eigenvalue weighted by Crippen LogP contribution is 2.12. The van der Waals surface area contributed by atoms with Gasteiger partial charge in [0.2, 0.25) is 0 Å². The normalized spacial score (nSPS) is 10.0. The number of benzene rings is 1. The Kier molecular flexibility index (Phi) is 5.17. The molecule has 0 aliphatic carbocycles. The fourth-order valence-corrected chi connectivity index (χ4v) is 1.71. The van der Waals surface area contributed by atoms with Gasteiger partial charge in [-0.2, -0.15) is 0 Å². The van der Waals surface area contributed by atoms with Gasteiger partial charge in [-0.1, -0.05) is 25.1 Å². The number of hydrogen-bond donors (Lipinski definition) is 2. The Morgan fingerprint density at radius 1 is 1.19 bits per heavy atom. The molecule has 0 amide bonds. The third-order valence-corrected chi connectivity index (χ3v) is 2.81. The highest BCUT2D eigenvalue weighted by Gasteiger charge is 2.05. The second kappa shape index (κ2) is 7.31. The van der Waals surface area contributed by atoms with E-state index in [1.54, 1.807) is 12.3 Å². The first-order valence-electron chi connectivity index (χ1n) is 6.86. The van der Waals surface area contributed by atoms with E-state index >= 15 is 0 Å². The molecule has 0 aliphatic heterocycles.